The molecule has 2 heteroatoms. The van der Waals surface area contributed by atoms with Gasteiger partial charge in [0.1, 0.15) is 0 Å². The van der Waals surface area contributed by atoms with Gasteiger partial charge in [0.15, 0.2) is 0 Å². The second-order valence-corrected chi connectivity index (χ2v) is 4.48. The lowest BCUT2D eigenvalue weighted by molar-refractivity contribution is 0.0180. The van der Waals surface area contributed by atoms with Crippen LogP contribution in [0.1, 0.15) is 45.4 Å². The topological polar surface area (TPSA) is 23.5 Å². The smallest absolute Gasteiger partial charge is 0.0695 e. The number of nitrogens with zero attached hydrogens (tertiary/aromatic N) is 1. The fraction of sp³-hybridized carbons (Fsp3) is 1.00. The van der Waals surface area contributed by atoms with Gasteiger partial charge in [0.05, 0.1) is 6.10 Å². The third kappa shape index (κ3) is 2.05. The van der Waals surface area contributed by atoms with Gasteiger partial charge in [-0.3, -0.25) is 4.90 Å². The van der Waals surface area contributed by atoms with Crippen LogP contribution in [0, 0.1) is 0 Å². The third-order valence-corrected chi connectivity index (χ3v) is 3.50. The Morgan fingerprint density at radius 1 is 1.15 bits per heavy atom. The van der Waals surface area contributed by atoms with E-state index < -0.39 is 0 Å². The molecular formula is C11H21NO. The summed E-state index contributed by atoms with van der Waals surface area (Å²) in [5, 5.41) is 9.91. The van der Waals surface area contributed by atoms with Crippen molar-refractivity contribution in [3.05, 3.63) is 0 Å². The first-order valence-corrected chi connectivity index (χ1v) is 5.76. The van der Waals surface area contributed by atoms with Gasteiger partial charge >= 0.3 is 0 Å². The highest BCUT2D eigenvalue weighted by Gasteiger charge is 2.36. The minimum atomic E-state index is -0.0469. The predicted octanol–water partition coefficient (Wildman–Crippen LogP) is 1.77. The van der Waals surface area contributed by atoms with Crippen molar-refractivity contribution in [3.8, 4) is 0 Å². The summed E-state index contributed by atoms with van der Waals surface area (Å²) < 4.78 is 0. The monoisotopic (exact) mass is 183 g/mol. The predicted molar refractivity (Wildman–Crippen MR) is 53.7 cm³/mol. The average molecular weight is 183 g/mol. The summed E-state index contributed by atoms with van der Waals surface area (Å²) in [5.74, 6) is 0. The van der Waals surface area contributed by atoms with Crippen molar-refractivity contribution in [2.45, 2.75) is 63.6 Å². The highest BCUT2D eigenvalue weighted by molar-refractivity contribution is 4.92. The Hall–Kier alpha value is -0.0800. The van der Waals surface area contributed by atoms with Gasteiger partial charge in [-0.05, 0) is 32.2 Å². The number of hydrogen-bond acceptors (Lipinski definition) is 2. The molecule has 13 heavy (non-hydrogen) atoms. The van der Waals surface area contributed by atoms with E-state index in [1.807, 2.05) is 0 Å². The highest BCUT2D eigenvalue weighted by atomic mass is 16.3. The molecule has 2 saturated carbocycles. The average Bonchev–Trinajstić information content (AvgIpc) is 2.93. The molecule has 0 heterocycles. The van der Waals surface area contributed by atoms with Gasteiger partial charge in [-0.15, -0.1) is 0 Å². The summed E-state index contributed by atoms with van der Waals surface area (Å²) >= 11 is 0. The molecule has 2 rings (SSSR count). The van der Waals surface area contributed by atoms with Crippen LogP contribution < -0.4 is 0 Å². The number of rotatable bonds is 3. The fourth-order valence-corrected chi connectivity index (χ4v) is 2.65. The van der Waals surface area contributed by atoms with E-state index in [-0.39, 0.29) is 6.10 Å². The molecule has 2 fully saturated rings. The molecule has 0 bridgehead atoms. The molecule has 0 saturated heterocycles. The Morgan fingerprint density at radius 3 is 2.38 bits per heavy atom. The second kappa shape index (κ2) is 3.97. The van der Waals surface area contributed by atoms with E-state index in [1.165, 1.54) is 32.1 Å². The molecule has 2 nitrogen and oxygen atoms in total. The van der Waals surface area contributed by atoms with E-state index in [9.17, 15) is 5.11 Å². The van der Waals surface area contributed by atoms with Crippen molar-refractivity contribution in [2.24, 2.45) is 0 Å². The fourth-order valence-electron chi connectivity index (χ4n) is 2.65. The molecule has 0 spiro atoms. The zero-order valence-corrected chi connectivity index (χ0v) is 8.58. The molecule has 0 amide bonds. The largest absolute Gasteiger partial charge is 0.391 e. The van der Waals surface area contributed by atoms with Gasteiger partial charge < -0.3 is 5.11 Å². The van der Waals surface area contributed by atoms with E-state index in [0.29, 0.717) is 6.04 Å². The normalized spacial score (nSPS) is 35.3. The molecule has 0 aromatic carbocycles. The maximum absolute atomic E-state index is 9.91. The van der Waals surface area contributed by atoms with E-state index in [4.69, 9.17) is 0 Å². The first-order chi connectivity index (χ1) is 6.33. The Morgan fingerprint density at radius 2 is 1.85 bits per heavy atom. The maximum Gasteiger partial charge on any atom is 0.0695 e. The number of likely N-dealkylation sites (N-methyl/N-ethyl adjacent to an activating group) is 1. The summed E-state index contributed by atoms with van der Waals surface area (Å²) in [6.45, 7) is 3.34. The van der Waals surface area contributed by atoms with E-state index in [0.717, 1.165) is 19.0 Å². The van der Waals surface area contributed by atoms with Crippen LogP contribution in [-0.4, -0.2) is 34.7 Å². The van der Waals surface area contributed by atoms with Crippen LogP contribution in [0.4, 0.5) is 0 Å². The molecule has 2 aliphatic carbocycles. The maximum atomic E-state index is 9.91. The molecule has 0 aromatic rings. The lowest BCUT2D eigenvalue weighted by Gasteiger charge is -2.37. The second-order valence-electron chi connectivity index (χ2n) is 4.48. The third-order valence-electron chi connectivity index (χ3n) is 3.50. The van der Waals surface area contributed by atoms with Crippen LogP contribution >= 0.6 is 0 Å². The van der Waals surface area contributed by atoms with Crippen LogP contribution in [0.5, 0.6) is 0 Å². The van der Waals surface area contributed by atoms with Crippen molar-refractivity contribution in [1.29, 1.82) is 0 Å². The Bertz CT molecular complexity index is 167. The standard InChI is InChI=1S/C11H21NO/c1-2-12(9-7-8-9)10-5-3-4-6-11(10)13/h9-11,13H,2-8H2,1H3. The first-order valence-electron chi connectivity index (χ1n) is 5.76. The summed E-state index contributed by atoms with van der Waals surface area (Å²) in [7, 11) is 0. The molecule has 2 aliphatic rings. The van der Waals surface area contributed by atoms with Gasteiger partial charge in [-0.2, -0.15) is 0 Å². The van der Waals surface area contributed by atoms with Crippen LogP contribution in [0.15, 0.2) is 0 Å². The summed E-state index contributed by atoms with van der Waals surface area (Å²) in [5.41, 5.74) is 0. The summed E-state index contributed by atoms with van der Waals surface area (Å²) in [6.07, 6.45) is 7.44. The molecule has 2 unspecified atom stereocenters. The molecule has 2 atom stereocenters. The zero-order chi connectivity index (χ0) is 9.26. The van der Waals surface area contributed by atoms with E-state index >= 15 is 0 Å². The number of aliphatic hydroxyl groups excluding tert-OH is 1. The van der Waals surface area contributed by atoms with Crippen LogP contribution in [-0.2, 0) is 0 Å². The van der Waals surface area contributed by atoms with Crippen molar-refractivity contribution in [2.75, 3.05) is 6.54 Å². The quantitative estimate of drug-likeness (QED) is 0.721. The summed E-state index contributed by atoms with van der Waals surface area (Å²) in [6, 6.07) is 1.29. The van der Waals surface area contributed by atoms with Crippen molar-refractivity contribution >= 4 is 0 Å². The van der Waals surface area contributed by atoms with Crippen LogP contribution in [0.3, 0.4) is 0 Å². The number of aliphatic hydroxyl groups is 1. The molecule has 0 radical (unpaired) electrons. The molecule has 0 aromatic heterocycles. The summed E-state index contributed by atoms with van der Waals surface area (Å²) in [4.78, 5) is 2.53. The Labute approximate surface area is 80.9 Å². The highest BCUT2D eigenvalue weighted by Crippen LogP contribution is 2.33. The van der Waals surface area contributed by atoms with Gasteiger partial charge in [0.25, 0.3) is 0 Å². The minimum Gasteiger partial charge on any atom is -0.391 e. The lowest BCUT2D eigenvalue weighted by atomic mass is 9.91. The Balaban J connectivity index is 1.94. The molecule has 1 N–H and O–H groups in total. The SMILES string of the molecule is CCN(C1CC1)C1CCCCC1O. The van der Waals surface area contributed by atoms with Crippen LogP contribution in [0.25, 0.3) is 0 Å². The minimum absolute atomic E-state index is 0.0469. The van der Waals surface area contributed by atoms with Gasteiger partial charge in [-0.25, -0.2) is 0 Å². The number of hydrogen-bond donors (Lipinski definition) is 1. The van der Waals surface area contributed by atoms with Crippen molar-refractivity contribution in [1.82, 2.24) is 4.90 Å². The first kappa shape index (κ1) is 9.47. The van der Waals surface area contributed by atoms with Crippen LogP contribution in [0.2, 0.25) is 0 Å². The van der Waals surface area contributed by atoms with E-state index in [2.05, 4.69) is 11.8 Å². The zero-order valence-electron chi connectivity index (χ0n) is 8.58. The van der Waals surface area contributed by atoms with Gasteiger partial charge in [-0.1, -0.05) is 19.8 Å². The molecule has 0 aliphatic heterocycles. The lowest BCUT2D eigenvalue weighted by Crippen LogP contribution is -2.46. The molecule has 76 valence electrons. The van der Waals surface area contributed by atoms with Gasteiger partial charge in [0, 0.05) is 12.1 Å². The Kier molecular flexibility index (Phi) is 2.89. The van der Waals surface area contributed by atoms with Crippen molar-refractivity contribution < 1.29 is 5.11 Å². The van der Waals surface area contributed by atoms with Gasteiger partial charge in [0.2, 0.25) is 0 Å². The van der Waals surface area contributed by atoms with Crippen molar-refractivity contribution in [3.63, 3.8) is 0 Å². The molecular weight excluding hydrogens is 162 g/mol. The van der Waals surface area contributed by atoms with E-state index in [1.54, 1.807) is 0 Å².